The lowest BCUT2D eigenvalue weighted by molar-refractivity contribution is -0.133. The highest BCUT2D eigenvalue weighted by molar-refractivity contribution is 7.09. The Hall–Kier alpha value is -2.58. The number of nitrogens with one attached hydrogen (secondary N) is 1. The highest BCUT2D eigenvalue weighted by atomic mass is 35.5. The van der Waals surface area contributed by atoms with Crippen LogP contribution in [0.25, 0.3) is 0 Å². The van der Waals surface area contributed by atoms with Gasteiger partial charge in [-0.3, -0.25) is 4.79 Å². The van der Waals surface area contributed by atoms with Crippen LogP contribution in [0, 0.1) is 0 Å². The van der Waals surface area contributed by atoms with E-state index in [0.29, 0.717) is 55.0 Å². The minimum atomic E-state index is -0.408. The molecular weight excluding hydrogens is 505 g/mol. The molecular formula is C26H29Cl2N3O3S. The summed E-state index contributed by atoms with van der Waals surface area (Å²) in [6.07, 6.45) is 0.604. The maximum atomic E-state index is 13.5. The average molecular weight is 535 g/mol. The fourth-order valence-electron chi connectivity index (χ4n) is 3.43. The van der Waals surface area contributed by atoms with Crippen molar-refractivity contribution in [3.63, 3.8) is 0 Å². The summed E-state index contributed by atoms with van der Waals surface area (Å²) in [5.41, 5.74) is 1.46. The number of hydrogen-bond acceptors (Lipinski definition) is 4. The highest BCUT2D eigenvalue weighted by Crippen LogP contribution is 2.25. The van der Waals surface area contributed by atoms with Crippen LogP contribution in [-0.4, -0.2) is 48.0 Å². The molecule has 6 nitrogen and oxygen atoms in total. The monoisotopic (exact) mass is 533 g/mol. The Bertz CT molecular complexity index is 1080. The van der Waals surface area contributed by atoms with Gasteiger partial charge in [-0.15, -0.1) is 11.3 Å². The summed E-state index contributed by atoms with van der Waals surface area (Å²) < 4.78 is 5.43. The van der Waals surface area contributed by atoms with Gasteiger partial charge >= 0.3 is 6.03 Å². The lowest BCUT2D eigenvalue weighted by Crippen LogP contribution is -2.44. The largest absolute Gasteiger partial charge is 0.382 e. The number of ether oxygens (including phenoxy) is 1. The normalized spacial score (nSPS) is 10.7. The molecule has 0 saturated heterocycles. The molecule has 0 radical (unpaired) electrons. The number of halogens is 2. The summed E-state index contributed by atoms with van der Waals surface area (Å²) in [5, 5.41) is 5.60. The zero-order valence-corrected chi connectivity index (χ0v) is 21.9. The maximum Gasteiger partial charge on any atom is 0.322 e. The number of carbonyl (C=O) groups is 2. The molecule has 0 saturated carbocycles. The number of rotatable bonds is 12. The van der Waals surface area contributed by atoms with Gasteiger partial charge in [-0.05, 0) is 48.6 Å². The van der Waals surface area contributed by atoms with Gasteiger partial charge in [0.2, 0.25) is 5.91 Å². The third-order valence-corrected chi connectivity index (χ3v) is 6.61. The second-order valence-corrected chi connectivity index (χ2v) is 9.72. The Kier molecular flexibility index (Phi) is 10.9. The van der Waals surface area contributed by atoms with Gasteiger partial charge in [0, 0.05) is 36.2 Å². The molecule has 0 spiro atoms. The first-order valence-electron chi connectivity index (χ1n) is 11.4. The first-order chi connectivity index (χ1) is 17.0. The van der Waals surface area contributed by atoms with Crippen molar-refractivity contribution in [2.24, 2.45) is 0 Å². The summed E-state index contributed by atoms with van der Waals surface area (Å²) in [5.74, 6) is -0.143. The fourth-order valence-corrected chi connectivity index (χ4v) is 4.60. The van der Waals surface area contributed by atoms with Crippen molar-refractivity contribution in [2.45, 2.75) is 26.4 Å². The van der Waals surface area contributed by atoms with Crippen LogP contribution in [0.5, 0.6) is 0 Å². The second kappa shape index (κ2) is 14.1. The number of thiophene rings is 1. The minimum absolute atomic E-state index is 0.0681. The van der Waals surface area contributed by atoms with E-state index in [1.54, 1.807) is 34.4 Å². The molecule has 2 aromatic carbocycles. The van der Waals surface area contributed by atoms with Crippen LogP contribution in [0.1, 0.15) is 23.8 Å². The van der Waals surface area contributed by atoms with Crippen LogP contribution in [0.3, 0.4) is 0 Å². The SMILES string of the molecule is CCOCCCN(CC(=O)N(Cc1ccccc1)Cc1cccs1)C(=O)Nc1ccc(Cl)cc1Cl. The Morgan fingerprint density at radius 2 is 1.80 bits per heavy atom. The smallest absolute Gasteiger partial charge is 0.322 e. The molecule has 3 aromatic rings. The van der Waals surface area contributed by atoms with Crippen molar-refractivity contribution in [2.75, 3.05) is 31.6 Å². The molecule has 3 rings (SSSR count). The van der Waals surface area contributed by atoms with E-state index in [0.717, 1.165) is 10.4 Å². The van der Waals surface area contributed by atoms with Gasteiger partial charge in [0.15, 0.2) is 0 Å². The Morgan fingerprint density at radius 3 is 2.49 bits per heavy atom. The van der Waals surface area contributed by atoms with Crippen molar-refractivity contribution in [3.05, 3.63) is 86.5 Å². The van der Waals surface area contributed by atoms with Crippen molar-refractivity contribution in [1.82, 2.24) is 9.80 Å². The molecule has 0 aliphatic rings. The minimum Gasteiger partial charge on any atom is -0.382 e. The van der Waals surface area contributed by atoms with Crippen molar-refractivity contribution >= 4 is 52.2 Å². The second-order valence-electron chi connectivity index (χ2n) is 7.84. The number of carbonyl (C=O) groups excluding carboxylic acids is 2. The molecule has 0 atom stereocenters. The molecule has 0 aliphatic heterocycles. The number of hydrogen-bond donors (Lipinski definition) is 1. The predicted octanol–water partition coefficient (Wildman–Crippen LogP) is 6.54. The molecule has 0 bridgehead atoms. The third kappa shape index (κ3) is 8.85. The number of urea groups is 1. The molecule has 3 amide bonds. The molecule has 0 aliphatic carbocycles. The molecule has 9 heteroatoms. The predicted molar refractivity (Wildman–Crippen MR) is 143 cm³/mol. The third-order valence-electron chi connectivity index (χ3n) is 5.20. The summed E-state index contributed by atoms with van der Waals surface area (Å²) in [4.78, 5) is 31.0. The first kappa shape index (κ1) is 27.0. The van der Waals surface area contributed by atoms with Gasteiger partial charge in [-0.1, -0.05) is 59.6 Å². The Morgan fingerprint density at radius 1 is 1.00 bits per heavy atom. The van der Waals surface area contributed by atoms with E-state index in [1.165, 1.54) is 4.90 Å². The van der Waals surface area contributed by atoms with E-state index in [1.807, 2.05) is 54.8 Å². The van der Waals surface area contributed by atoms with Gasteiger partial charge in [0.1, 0.15) is 6.54 Å². The molecule has 35 heavy (non-hydrogen) atoms. The zero-order valence-electron chi connectivity index (χ0n) is 19.6. The molecule has 0 unspecified atom stereocenters. The first-order valence-corrected chi connectivity index (χ1v) is 13.0. The van der Waals surface area contributed by atoms with Crippen LogP contribution in [0.15, 0.2) is 66.0 Å². The van der Waals surface area contributed by atoms with Gasteiger partial charge in [-0.2, -0.15) is 0 Å². The number of amides is 3. The Balaban J connectivity index is 1.75. The summed E-state index contributed by atoms with van der Waals surface area (Å²) in [6, 6.07) is 18.2. The molecule has 186 valence electrons. The van der Waals surface area contributed by atoms with E-state index >= 15 is 0 Å². The number of nitrogens with zero attached hydrogens (tertiary/aromatic N) is 2. The van der Waals surface area contributed by atoms with Gasteiger partial charge in [0.25, 0.3) is 0 Å². The number of anilines is 1. The van der Waals surface area contributed by atoms with Crippen LogP contribution >= 0.6 is 34.5 Å². The summed E-state index contributed by atoms with van der Waals surface area (Å²) in [6.45, 7) is 4.24. The molecule has 1 heterocycles. The maximum absolute atomic E-state index is 13.5. The summed E-state index contributed by atoms with van der Waals surface area (Å²) >= 11 is 13.8. The van der Waals surface area contributed by atoms with Gasteiger partial charge < -0.3 is 19.9 Å². The van der Waals surface area contributed by atoms with Crippen LogP contribution < -0.4 is 5.32 Å². The van der Waals surface area contributed by atoms with E-state index in [-0.39, 0.29) is 12.5 Å². The van der Waals surface area contributed by atoms with Crippen molar-refractivity contribution in [1.29, 1.82) is 0 Å². The molecule has 0 fully saturated rings. The quantitative estimate of drug-likeness (QED) is 0.268. The highest BCUT2D eigenvalue weighted by Gasteiger charge is 2.23. The topological polar surface area (TPSA) is 61.9 Å². The average Bonchev–Trinajstić information content (AvgIpc) is 3.36. The van der Waals surface area contributed by atoms with E-state index in [4.69, 9.17) is 27.9 Å². The van der Waals surface area contributed by atoms with Gasteiger partial charge in [0.05, 0.1) is 17.3 Å². The fraction of sp³-hybridized carbons (Fsp3) is 0.308. The molecule has 1 aromatic heterocycles. The molecule has 1 N–H and O–H groups in total. The lowest BCUT2D eigenvalue weighted by Gasteiger charge is -2.28. The van der Waals surface area contributed by atoms with Crippen LogP contribution in [0.4, 0.5) is 10.5 Å². The Labute approximate surface area is 220 Å². The van der Waals surface area contributed by atoms with E-state index < -0.39 is 6.03 Å². The van der Waals surface area contributed by atoms with Crippen molar-refractivity contribution < 1.29 is 14.3 Å². The zero-order chi connectivity index (χ0) is 25.0. The van der Waals surface area contributed by atoms with Gasteiger partial charge in [-0.25, -0.2) is 4.79 Å². The lowest BCUT2D eigenvalue weighted by atomic mass is 10.2. The van der Waals surface area contributed by atoms with E-state index in [9.17, 15) is 9.59 Å². The van der Waals surface area contributed by atoms with Crippen LogP contribution in [-0.2, 0) is 22.6 Å². The number of benzene rings is 2. The van der Waals surface area contributed by atoms with E-state index in [2.05, 4.69) is 5.32 Å². The standard InChI is InChI=1S/C26H29Cl2N3O3S/c1-2-34-14-7-13-30(26(33)29-24-12-11-21(27)16-23(24)28)19-25(32)31(18-22-10-6-15-35-22)17-20-8-4-3-5-9-20/h3-6,8-12,15-16H,2,7,13-14,17-19H2,1H3,(H,29,33). The summed E-state index contributed by atoms with van der Waals surface area (Å²) in [7, 11) is 0. The van der Waals surface area contributed by atoms with Crippen LogP contribution in [0.2, 0.25) is 10.0 Å². The van der Waals surface area contributed by atoms with Crippen molar-refractivity contribution in [3.8, 4) is 0 Å².